The van der Waals surface area contributed by atoms with Gasteiger partial charge >= 0.3 is 0 Å². The third kappa shape index (κ3) is 2.35. The topological polar surface area (TPSA) is 38.0 Å². The first-order valence-electron chi connectivity index (χ1n) is 4.98. The lowest BCUT2D eigenvalue weighted by molar-refractivity contribution is 0.644. The Labute approximate surface area is 108 Å². The normalized spacial score (nSPS) is 12.7. The molecule has 16 heavy (non-hydrogen) atoms. The number of thiophene rings is 1. The molecule has 0 radical (unpaired) electrons. The van der Waals surface area contributed by atoms with Gasteiger partial charge in [0.15, 0.2) is 0 Å². The van der Waals surface area contributed by atoms with Crippen LogP contribution in [0.25, 0.3) is 0 Å². The van der Waals surface area contributed by atoms with E-state index in [-0.39, 0.29) is 6.04 Å². The van der Waals surface area contributed by atoms with Gasteiger partial charge in [0.1, 0.15) is 0 Å². The van der Waals surface area contributed by atoms with Gasteiger partial charge in [0, 0.05) is 9.35 Å². The summed E-state index contributed by atoms with van der Waals surface area (Å²) in [5, 5.41) is 2.06. The number of halogens is 1. The third-order valence-corrected chi connectivity index (χ3v) is 4.09. The minimum Gasteiger partial charge on any atom is -0.271 e. The van der Waals surface area contributed by atoms with E-state index in [0.29, 0.717) is 0 Å². The minimum absolute atomic E-state index is 0.0509. The molecule has 0 fully saturated rings. The molecule has 0 amide bonds. The Kier molecular flexibility index (Phi) is 3.76. The number of hydrazine groups is 1. The fourth-order valence-electron chi connectivity index (χ4n) is 1.65. The van der Waals surface area contributed by atoms with Crippen LogP contribution < -0.4 is 11.3 Å². The second-order valence-corrected chi connectivity index (χ2v) is 5.47. The SMILES string of the molecule is Cc1ccc(C(NN)c2cccs2)c(Br)c1. The van der Waals surface area contributed by atoms with Crippen LogP contribution in [0.2, 0.25) is 0 Å². The largest absolute Gasteiger partial charge is 0.271 e. The Balaban J connectivity index is 2.41. The average Bonchev–Trinajstić information content (AvgIpc) is 2.75. The predicted molar refractivity (Wildman–Crippen MR) is 72.4 cm³/mol. The summed E-state index contributed by atoms with van der Waals surface area (Å²) in [5.74, 6) is 5.64. The van der Waals surface area contributed by atoms with E-state index < -0.39 is 0 Å². The monoisotopic (exact) mass is 296 g/mol. The summed E-state index contributed by atoms with van der Waals surface area (Å²) in [6.45, 7) is 2.07. The lowest BCUT2D eigenvalue weighted by Gasteiger charge is -2.16. The quantitative estimate of drug-likeness (QED) is 0.673. The van der Waals surface area contributed by atoms with Crippen LogP contribution >= 0.6 is 27.3 Å². The first-order valence-corrected chi connectivity index (χ1v) is 6.65. The van der Waals surface area contributed by atoms with Gasteiger partial charge in [-0.2, -0.15) is 0 Å². The van der Waals surface area contributed by atoms with Crippen LogP contribution in [0.4, 0.5) is 0 Å². The van der Waals surface area contributed by atoms with Gasteiger partial charge in [-0.3, -0.25) is 5.84 Å². The third-order valence-electron chi connectivity index (χ3n) is 2.46. The molecule has 0 spiro atoms. The van der Waals surface area contributed by atoms with Crippen LogP contribution in [-0.2, 0) is 0 Å². The molecule has 0 bridgehead atoms. The van der Waals surface area contributed by atoms with Crippen molar-refractivity contribution in [3.8, 4) is 0 Å². The number of rotatable bonds is 3. The van der Waals surface area contributed by atoms with Crippen LogP contribution in [0.3, 0.4) is 0 Å². The first kappa shape index (κ1) is 11.8. The lowest BCUT2D eigenvalue weighted by atomic mass is 10.0. The Morgan fingerprint density at radius 3 is 2.75 bits per heavy atom. The molecule has 4 heteroatoms. The average molecular weight is 297 g/mol. The molecule has 0 saturated heterocycles. The van der Waals surface area contributed by atoms with E-state index in [1.54, 1.807) is 11.3 Å². The lowest BCUT2D eigenvalue weighted by Crippen LogP contribution is -2.28. The van der Waals surface area contributed by atoms with Crippen molar-refractivity contribution in [2.24, 2.45) is 5.84 Å². The van der Waals surface area contributed by atoms with Gasteiger partial charge in [-0.15, -0.1) is 11.3 Å². The molecule has 1 aromatic heterocycles. The molecule has 1 atom stereocenters. The summed E-state index contributed by atoms with van der Waals surface area (Å²) >= 11 is 5.28. The number of hydrogen-bond acceptors (Lipinski definition) is 3. The minimum atomic E-state index is 0.0509. The van der Waals surface area contributed by atoms with Crippen LogP contribution in [-0.4, -0.2) is 0 Å². The Morgan fingerprint density at radius 1 is 1.38 bits per heavy atom. The van der Waals surface area contributed by atoms with Crippen molar-refractivity contribution < 1.29 is 0 Å². The molecule has 0 saturated carbocycles. The van der Waals surface area contributed by atoms with E-state index >= 15 is 0 Å². The predicted octanol–water partition coefficient (Wildman–Crippen LogP) is 3.37. The van der Waals surface area contributed by atoms with E-state index in [4.69, 9.17) is 5.84 Å². The molecule has 1 heterocycles. The van der Waals surface area contributed by atoms with Crippen molar-refractivity contribution in [3.05, 3.63) is 56.2 Å². The highest BCUT2D eigenvalue weighted by Crippen LogP contribution is 2.30. The zero-order valence-corrected chi connectivity index (χ0v) is 11.3. The number of aryl methyl sites for hydroxylation is 1. The van der Waals surface area contributed by atoms with E-state index in [9.17, 15) is 0 Å². The van der Waals surface area contributed by atoms with Gasteiger partial charge in [0.2, 0.25) is 0 Å². The number of nitrogens with one attached hydrogen (secondary N) is 1. The van der Waals surface area contributed by atoms with Crippen LogP contribution in [0.1, 0.15) is 22.0 Å². The first-order chi connectivity index (χ1) is 7.72. The van der Waals surface area contributed by atoms with Gasteiger partial charge in [-0.1, -0.05) is 34.1 Å². The van der Waals surface area contributed by atoms with Crippen LogP contribution in [0, 0.1) is 6.92 Å². The molecule has 2 aromatic rings. The molecule has 3 N–H and O–H groups in total. The number of nitrogens with two attached hydrogens (primary N) is 1. The van der Waals surface area contributed by atoms with Crippen molar-refractivity contribution in [1.82, 2.24) is 5.43 Å². The molecule has 84 valence electrons. The zero-order chi connectivity index (χ0) is 11.5. The summed E-state index contributed by atoms with van der Waals surface area (Å²) in [6, 6.07) is 10.5. The molecule has 0 aliphatic rings. The maximum absolute atomic E-state index is 5.64. The van der Waals surface area contributed by atoms with Crippen molar-refractivity contribution in [2.75, 3.05) is 0 Å². The second kappa shape index (κ2) is 5.10. The van der Waals surface area contributed by atoms with Crippen LogP contribution in [0.15, 0.2) is 40.2 Å². The van der Waals surface area contributed by atoms with Crippen molar-refractivity contribution in [1.29, 1.82) is 0 Å². The molecule has 1 unspecified atom stereocenters. The van der Waals surface area contributed by atoms with Crippen molar-refractivity contribution in [2.45, 2.75) is 13.0 Å². The standard InChI is InChI=1S/C12H13BrN2S/c1-8-4-5-9(10(13)7-8)12(15-14)11-3-2-6-16-11/h2-7,12,15H,14H2,1H3. The molecular weight excluding hydrogens is 284 g/mol. The summed E-state index contributed by atoms with van der Waals surface area (Å²) < 4.78 is 1.09. The number of benzene rings is 1. The summed E-state index contributed by atoms with van der Waals surface area (Å²) in [7, 11) is 0. The van der Waals surface area contributed by atoms with Gasteiger partial charge in [0.05, 0.1) is 6.04 Å². The fourth-order valence-corrected chi connectivity index (χ4v) is 3.17. The Morgan fingerprint density at radius 2 is 2.19 bits per heavy atom. The maximum atomic E-state index is 5.64. The smallest absolute Gasteiger partial charge is 0.0813 e. The van der Waals surface area contributed by atoms with Crippen molar-refractivity contribution in [3.63, 3.8) is 0 Å². The van der Waals surface area contributed by atoms with E-state index in [0.717, 1.165) is 10.0 Å². The molecule has 2 nitrogen and oxygen atoms in total. The highest BCUT2D eigenvalue weighted by Gasteiger charge is 2.15. The molecule has 1 aromatic carbocycles. The summed E-state index contributed by atoms with van der Waals surface area (Å²) in [4.78, 5) is 1.21. The fraction of sp³-hybridized carbons (Fsp3) is 0.167. The van der Waals surface area contributed by atoms with Crippen LogP contribution in [0.5, 0.6) is 0 Å². The van der Waals surface area contributed by atoms with Crippen molar-refractivity contribution >= 4 is 27.3 Å². The van der Waals surface area contributed by atoms with Gasteiger partial charge in [-0.25, -0.2) is 5.43 Å². The maximum Gasteiger partial charge on any atom is 0.0813 e. The molecule has 0 aliphatic carbocycles. The summed E-state index contributed by atoms with van der Waals surface area (Å²) in [5.41, 5.74) is 5.26. The number of hydrogen-bond donors (Lipinski definition) is 2. The zero-order valence-electron chi connectivity index (χ0n) is 8.91. The Hall–Kier alpha value is -0.680. The molecular formula is C12H13BrN2S. The van der Waals surface area contributed by atoms with E-state index in [2.05, 4.69) is 57.9 Å². The highest BCUT2D eigenvalue weighted by molar-refractivity contribution is 9.10. The Bertz CT molecular complexity index is 468. The van der Waals surface area contributed by atoms with Gasteiger partial charge < -0.3 is 0 Å². The molecule has 0 aliphatic heterocycles. The van der Waals surface area contributed by atoms with Gasteiger partial charge in [-0.05, 0) is 35.6 Å². The second-order valence-electron chi connectivity index (χ2n) is 3.64. The molecule has 2 rings (SSSR count). The summed E-state index contributed by atoms with van der Waals surface area (Å²) in [6.07, 6.45) is 0. The van der Waals surface area contributed by atoms with E-state index in [1.165, 1.54) is 10.4 Å². The van der Waals surface area contributed by atoms with Gasteiger partial charge in [0.25, 0.3) is 0 Å². The highest BCUT2D eigenvalue weighted by atomic mass is 79.9. The van der Waals surface area contributed by atoms with E-state index in [1.807, 2.05) is 6.07 Å².